The molecule has 0 bridgehead atoms. The number of benzene rings is 1. The second-order valence-corrected chi connectivity index (χ2v) is 4.60. The molecule has 1 aromatic rings. The predicted octanol–water partition coefficient (Wildman–Crippen LogP) is 2.27. The van der Waals surface area contributed by atoms with E-state index in [2.05, 4.69) is 5.32 Å². The quantitative estimate of drug-likeness (QED) is 0.766. The summed E-state index contributed by atoms with van der Waals surface area (Å²) in [5, 5.41) is 3.11. The highest BCUT2D eigenvalue weighted by atomic mass is 16.5. The van der Waals surface area contributed by atoms with Gasteiger partial charge in [-0.15, -0.1) is 0 Å². The number of rotatable bonds is 6. The lowest BCUT2D eigenvalue weighted by molar-refractivity contribution is 0.0900. The maximum Gasteiger partial charge on any atom is 0.170 e. The van der Waals surface area contributed by atoms with Crippen molar-refractivity contribution in [3.05, 3.63) is 29.8 Å². The highest BCUT2D eigenvalue weighted by molar-refractivity contribution is 6.02. The van der Waals surface area contributed by atoms with Crippen LogP contribution in [0, 0.1) is 5.41 Å². The first kappa shape index (κ1) is 12.1. The molecule has 1 aliphatic rings. The predicted molar refractivity (Wildman–Crippen MR) is 67.5 cm³/mol. The second kappa shape index (κ2) is 4.88. The van der Waals surface area contributed by atoms with E-state index in [4.69, 9.17) is 4.74 Å². The van der Waals surface area contributed by atoms with Gasteiger partial charge in [0.15, 0.2) is 5.78 Å². The van der Waals surface area contributed by atoms with Crippen LogP contribution in [0.15, 0.2) is 24.3 Å². The number of nitrogens with one attached hydrogen (secondary N) is 1. The Kier molecular flexibility index (Phi) is 3.48. The van der Waals surface area contributed by atoms with Crippen molar-refractivity contribution in [2.75, 3.05) is 20.2 Å². The Bertz CT molecular complexity index is 393. The molecule has 17 heavy (non-hydrogen) atoms. The van der Waals surface area contributed by atoms with Crippen LogP contribution in [0.4, 0.5) is 0 Å². The third-order valence-electron chi connectivity index (χ3n) is 3.28. The summed E-state index contributed by atoms with van der Waals surface area (Å²) in [5.74, 6) is 1.08. The first-order valence-electron chi connectivity index (χ1n) is 6.14. The lowest BCUT2D eigenvalue weighted by atomic mass is 9.94. The van der Waals surface area contributed by atoms with Crippen LogP contribution < -0.4 is 10.1 Å². The van der Waals surface area contributed by atoms with Crippen molar-refractivity contribution in [1.29, 1.82) is 0 Å². The van der Waals surface area contributed by atoms with E-state index in [1.807, 2.05) is 38.2 Å². The molecule has 3 heteroatoms. The Balaban J connectivity index is 2.09. The van der Waals surface area contributed by atoms with Crippen LogP contribution >= 0.6 is 0 Å². The number of ketones is 1. The molecular weight excluding hydrogens is 214 g/mol. The molecule has 0 amide bonds. The van der Waals surface area contributed by atoms with Crippen LogP contribution in [-0.2, 0) is 0 Å². The second-order valence-electron chi connectivity index (χ2n) is 4.60. The van der Waals surface area contributed by atoms with Crippen molar-refractivity contribution in [2.45, 2.75) is 19.8 Å². The van der Waals surface area contributed by atoms with Gasteiger partial charge in [0, 0.05) is 17.5 Å². The summed E-state index contributed by atoms with van der Waals surface area (Å²) < 4.78 is 5.37. The highest BCUT2D eigenvalue weighted by Crippen LogP contribution is 2.47. The Morgan fingerprint density at radius 1 is 1.35 bits per heavy atom. The van der Waals surface area contributed by atoms with Gasteiger partial charge in [-0.2, -0.15) is 0 Å². The van der Waals surface area contributed by atoms with Crippen LogP contribution in [0.3, 0.4) is 0 Å². The number of carbonyl (C=O) groups excluding carboxylic acids is 1. The average Bonchev–Trinajstić information content (AvgIpc) is 3.11. The first-order chi connectivity index (χ1) is 8.22. The Morgan fingerprint density at radius 3 is 2.47 bits per heavy atom. The van der Waals surface area contributed by atoms with Crippen molar-refractivity contribution in [3.8, 4) is 5.75 Å². The molecule has 0 unspecified atom stereocenters. The van der Waals surface area contributed by atoms with Crippen LogP contribution in [0.5, 0.6) is 5.75 Å². The van der Waals surface area contributed by atoms with Gasteiger partial charge in [-0.3, -0.25) is 4.79 Å². The largest absolute Gasteiger partial charge is 0.494 e. The third kappa shape index (κ3) is 2.50. The monoisotopic (exact) mass is 233 g/mol. The lowest BCUT2D eigenvalue weighted by Gasteiger charge is -2.13. The molecule has 1 fully saturated rings. The number of Topliss-reactive ketones (excluding diaryl/α,β-unsaturated/α-hetero) is 1. The molecule has 1 N–H and O–H groups in total. The molecule has 2 rings (SSSR count). The molecule has 0 aromatic heterocycles. The fourth-order valence-electron chi connectivity index (χ4n) is 2.15. The molecule has 0 radical (unpaired) electrons. The minimum Gasteiger partial charge on any atom is -0.494 e. The zero-order chi connectivity index (χ0) is 12.3. The summed E-state index contributed by atoms with van der Waals surface area (Å²) in [6.07, 6.45) is 2.00. The number of hydrogen-bond acceptors (Lipinski definition) is 3. The maximum absolute atomic E-state index is 12.3. The van der Waals surface area contributed by atoms with Gasteiger partial charge in [0.25, 0.3) is 0 Å². The molecule has 0 spiro atoms. The standard InChI is InChI=1S/C14H19NO2/c1-3-17-12-6-4-11(5-7-12)13(16)14(8-9-14)10-15-2/h4-7,15H,3,8-10H2,1-2H3. The summed E-state index contributed by atoms with van der Waals surface area (Å²) in [6, 6.07) is 7.46. The van der Waals surface area contributed by atoms with Crippen molar-refractivity contribution in [2.24, 2.45) is 5.41 Å². The molecular formula is C14H19NO2. The summed E-state index contributed by atoms with van der Waals surface area (Å²) in [4.78, 5) is 12.3. The van der Waals surface area contributed by atoms with E-state index in [0.29, 0.717) is 6.61 Å². The smallest absolute Gasteiger partial charge is 0.170 e. The maximum atomic E-state index is 12.3. The lowest BCUT2D eigenvalue weighted by Crippen LogP contribution is -2.27. The van der Waals surface area contributed by atoms with E-state index in [-0.39, 0.29) is 11.2 Å². The molecule has 1 aliphatic carbocycles. The zero-order valence-corrected chi connectivity index (χ0v) is 10.5. The topological polar surface area (TPSA) is 38.3 Å². The first-order valence-corrected chi connectivity index (χ1v) is 6.14. The summed E-state index contributed by atoms with van der Waals surface area (Å²) in [6.45, 7) is 3.38. The van der Waals surface area contributed by atoms with Crippen molar-refractivity contribution < 1.29 is 9.53 Å². The SMILES string of the molecule is CCOc1ccc(C(=O)C2(CNC)CC2)cc1. The van der Waals surface area contributed by atoms with Crippen LogP contribution in [0.25, 0.3) is 0 Å². The fourth-order valence-corrected chi connectivity index (χ4v) is 2.15. The van der Waals surface area contributed by atoms with Gasteiger partial charge in [-0.05, 0) is 51.1 Å². The Labute approximate surface area is 102 Å². The highest BCUT2D eigenvalue weighted by Gasteiger charge is 2.48. The summed E-state index contributed by atoms with van der Waals surface area (Å²) >= 11 is 0. The van der Waals surface area contributed by atoms with Crippen LogP contribution in [-0.4, -0.2) is 26.0 Å². The Hall–Kier alpha value is -1.35. The Morgan fingerprint density at radius 2 is 2.00 bits per heavy atom. The van der Waals surface area contributed by atoms with Gasteiger partial charge < -0.3 is 10.1 Å². The molecule has 0 aliphatic heterocycles. The molecule has 0 atom stereocenters. The average molecular weight is 233 g/mol. The molecule has 0 saturated heterocycles. The minimum absolute atomic E-state index is 0.137. The van der Waals surface area contributed by atoms with Gasteiger partial charge in [0.2, 0.25) is 0 Å². The third-order valence-corrected chi connectivity index (χ3v) is 3.28. The van der Waals surface area contributed by atoms with Gasteiger partial charge in [0.1, 0.15) is 5.75 Å². The van der Waals surface area contributed by atoms with Crippen molar-refractivity contribution in [3.63, 3.8) is 0 Å². The molecule has 0 heterocycles. The number of hydrogen-bond donors (Lipinski definition) is 1. The van der Waals surface area contributed by atoms with E-state index < -0.39 is 0 Å². The van der Waals surface area contributed by atoms with Crippen molar-refractivity contribution >= 4 is 5.78 Å². The summed E-state index contributed by atoms with van der Waals surface area (Å²) in [7, 11) is 1.89. The van der Waals surface area contributed by atoms with E-state index in [9.17, 15) is 4.79 Å². The van der Waals surface area contributed by atoms with Gasteiger partial charge in [0.05, 0.1) is 6.61 Å². The normalized spacial score (nSPS) is 16.6. The molecule has 1 aromatic carbocycles. The van der Waals surface area contributed by atoms with Crippen LogP contribution in [0.2, 0.25) is 0 Å². The van der Waals surface area contributed by atoms with Gasteiger partial charge >= 0.3 is 0 Å². The zero-order valence-electron chi connectivity index (χ0n) is 10.5. The molecule has 92 valence electrons. The fraction of sp³-hybridized carbons (Fsp3) is 0.500. The number of ether oxygens (including phenoxy) is 1. The molecule has 3 nitrogen and oxygen atoms in total. The number of carbonyl (C=O) groups is 1. The minimum atomic E-state index is -0.137. The summed E-state index contributed by atoms with van der Waals surface area (Å²) in [5.41, 5.74) is 0.656. The van der Waals surface area contributed by atoms with E-state index >= 15 is 0 Å². The van der Waals surface area contributed by atoms with Gasteiger partial charge in [-0.25, -0.2) is 0 Å². The van der Waals surface area contributed by atoms with E-state index in [1.165, 1.54) is 0 Å². The van der Waals surface area contributed by atoms with E-state index in [0.717, 1.165) is 30.7 Å². The van der Waals surface area contributed by atoms with Crippen molar-refractivity contribution in [1.82, 2.24) is 5.32 Å². The van der Waals surface area contributed by atoms with Crippen LogP contribution in [0.1, 0.15) is 30.1 Å². The van der Waals surface area contributed by atoms with Gasteiger partial charge in [-0.1, -0.05) is 0 Å². The molecule has 1 saturated carbocycles. The van der Waals surface area contributed by atoms with E-state index in [1.54, 1.807) is 0 Å².